The molecule has 1 heterocycles. The Morgan fingerprint density at radius 2 is 2.14 bits per heavy atom. The number of carbonyl (C=O) groups excluding carboxylic acids is 3. The Kier molecular flexibility index (Phi) is 4.92. The quantitative estimate of drug-likeness (QED) is 0.827. The average Bonchev–Trinajstić information content (AvgIpc) is 2.69. The molecule has 2 N–H and O–H groups in total. The lowest BCUT2D eigenvalue weighted by Crippen LogP contribution is -2.41. The first-order chi connectivity index (χ1) is 10.1. The monoisotopic (exact) mass is 289 g/mol. The lowest BCUT2D eigenvalue weighted by atomic mass is 10.1. The molecule has 0 aromatic heterocycles. The minimum Gasteiger partial charge on any atom is -0.354 e. The normalized spacial score (nSPS) is 15.1. The van der Waals surface area contributed by atoms with Gasteiger partial charge in [-0.25, -0.2) is 0 Å². The summed E-state index contributed by atoms with van der Waals surface area (Å²) in [5, 5.41) is 5.33. The highest BCUT2D eigenvalue weighted by atomic mass is 16.2. The van der Waals surface area contributed by atoms with Crippen LogP contribution in [0.4, 0.5) is 0 Å². The second-order valence-electron chi connectivity index (χ2n) is 5.03. The fourth-order valence-electron chi connectivity index (χ4n) is 2.17. The van der Waals surface area contributed by atoms with Crippen LogP contribution in [0.25, 0.3) is 0 Å². The molecule has 21 heavy (non-hydrogen) atoms. The van der Waals surface area contributed by atoms with Gasteiger partial charge in [0, 0.05) is 31.6 Å². The van der Waals surface area contributed by atoms with Gasteiger partial charge in [-0.1, -0.05) is 17.7 Å². The molecule has 1 aliphatic rings. The van der Waals surface area contributed by atoms with Crippen LogP contribution in [0.3, 0.4) is 0 Å². The average molecular weight is 289 g/mol. The Hall–Kier alpha value is -2.37. The molecule has 112 valence electrons. The fourth-order valence-corrected chi connectivity index (χ4v) is 2.17. The molecular formula is C15H19N3O3. The number of rotatable bonds is 3. The molecule has 6 nitrogen and oxygen atoms in total. The molecule has 2 rings (SSSR count). The first kappa shape index (κ1) is 15.0. The smallest absolute Gasteiger partial charge is 0.251 e. The molecule has 3 amide bonds. The Labute approximate surface area is 123 Å². The maximum absolute atomic E-state index is 12.0. The molecule has 6 heteroatoms. The highest BCUT2D eigenvalue weighted by Gasteiger charge is 2.18. The first-order valence-corrected chi connectivity index (χ1v) is 6.95. The van der Waals surface area contributed by atoms with Crippen LogP contribution in [0, 0.1) is 6.92 Å². The van der Waals surface area contributed by atoms with Gasteiger partial charge in [0.1, 0.15) is 0 Å². The summed E-state index contributed by atoms with van der Waals surface area (Å²) < 4.78 is 0. The van der Waals surface area contributed by atoms with Crippen molar-refractivity contribution in [3.63, 3.8) is 0 Å². The Morgan fingerprint density at radius 1 is 1.33 bits per heavy atom. The third-order valence-corrected chi connectivity index (χ3v) is 3.35. The SMILES string of the molecule is Cc1cccc(C(=O)NCC(=O)N2CCNC(=O)CC2)c1. The van der Waals surface area contributed by atoms with E-state index in [4.69, 9.17) is 0 Å². The zero-order valence-electron chi connectivity index (χ0n) is 12.0. The van der Waals surface area contributed by atoms with E-state index in [0.717, 1.165) is 5.56 Å². The van der Waals surface area contributed by atoms with Gasteiger partial charge in [0.15, 0.2) is 0 Å². The van der Waals surface area contributed by atoms with Crippen LogP contribution in [0.2, 0.25) is 0 Å². The van der Waals surface area contributed by atoms with Crippen LogP contribution in [0.5, 0.6) is 0 Å². The van der Waals surface area contributed by atoms with Crippen molar-refractivity contribution in [2.75, 3.05) is 26.2 Å². The number of nitrogens with zero attached hydrogens (tertiary/aromatic N) is 1. The third-order valence-electron chi connectivity index (χ3n) is 3.35. The molecule has 1 saturated heterocycles. The molecule has 1 aliphatic heterocycles. The predicted octanol–water partition coefficient (Wildman–Crippen LogP) is 0.0733. The van der Waals surface area contributed by atoms with Crippen molar-refractivity contribution in [3.8, 4) is 0 Å². The van der Waals surface area contributed by atoms with E-state index >= 15 is 0 Å². The summed E-state index contributed by atoms with van der Waals surface area (Å²) in [5.74, 6) is -0.488. The van der Waals surface area contributed by atoms with Crippen molar-refractivity contribution in [1.82, 2.24) is 15.5 Å². The molecule has 0 bridgehead atoms. The summed E-state index contributed by atoms with van der Waals surface area (Å²) in [6, 6.07) is 7.19. The maximum atomic E-state index is 12.0. The van der Waals surface area contributed by atoms with Gasteiger partial charge >= 0.3 is 0 Å². The number of benzene rings is 1. The van der Waals surface area contributed by atoms with Gasteiger partial charge < -0.3 is 15.5 Å². The summed E-state index contributed by atoms with van der Waals surface area (Å²) in [6.07, 6.45) is 0.303. The van der Waals surface area contributed by atoms with Gasteiger partial charge in [-0.2, -0.15) is 0 Å². The van der Waals surface area contributed by atoms with Crippen molar-refractivity contribution in [1.29, 1.82) is 0 Å². The van der Waals surface area contributed by atoms with Gasteiger partial charge in [0.2, 0.25) is 11.8 Å². The highest BCUT2D eigenvalue weighted by Crippen LogP contribution is 2.03. The summed E-state index contributed by atoms with van der Waals surface area (Å²) in [6.45, 7) is 3.18. The van der Waals surface area contributed by atoms with Gasteiger partial charge in [-0.05, 0) is 19.1 Å². The lowest BCUT2D eigenvalue weighted by molar-refractivity contribution is -0.130. The van der Waals surface area contributed by atoms with Crippen LogP contribution < -0.4 is 10.6 Å². The van der Waals surface area contributed by atoms with Crippen molar-refractivity contribution < 1.29 is 14.4 Å². The Bertz CT molecular complexity index is 557. The molecule has 0 aliphatic carbocycles. The molecular weight excluding hydrogens is 270 g/mol. The number of amides is 3. The van der Waals surface area contributed by atoms with Crippen molar-refractivity contribution in [2.24, 2.45) is 0 Å². The number of aryl methyl sites for hydroxylation is 1. The van der Waals surface area contributed by atoms with Crippen LogP contribution in [0.15, 0.2) is 24.3 Å². The maximum Gasteiger partial charge on any atom is 0.251 e. The van der Waals surface area contributed by atoms with E-state index in [1.54, 1.807) is 23.1 Å². The minimum absolute atomic E-state index is 0.0471. The van der Waals surface area contributed by atoms with E-state index in [1.807, 2.05) is 13.0 Å². The number of carbonyl (C=O) groups is 3. The fraction of sp³-hybridized carbons (Fsp3) is 0.400. The van der Waals surface area contributed by atoms with Crippen LogP contribution >= 0.6 is 0 Å². The van der Waals surface area contributed by atoms with E-state index in [0.29, 0.717) is 31.6 Å². The third kappa shape index (κ3) is 4.30. The summed E-state index contributed by atoms with van der Waals surface area (Å²) in [5.41, 5.74) is 1.53. The summed E-state index contributed by atoms with van der Waals surface area (Å²) in [7, 11) is 0. The topological polar surface area (TPSA) is 78.5 Å². The molecule has 0 saturated carbocycles. The van der Waals surface area contributed by atoms with Crippen molar-refractivity contribution >= 4 is 17.7 Å². The zero-order chi connectivity index (χ0) is 15.2. The van der Waals surface area contributed by atoms with Gasteiger partial charge in [-0.15, -0.1) is 0 Å². The van der Waals surface area contributed by atoms with Crippen LogP contribution in [0.1, 0.15) is 22.3 Å². The standard InChI is InChI=1S/C15H19N3O3/c1-11-3-2-4-12(9-11)15(21)17-10-14(20)18-7-5-13(19)16-6-8-18/h2-4,9H,5-8,10H2,1H3,(H,16,19)(H,17,21). The van der Waals surface area contributed by atoms with Crippen molar-refractivity contribution in [3.05, 3.63) is 35.4 Å². The minimum atomic E-state index is -0.268. The Morgan fingerprint density at radius 3 is 2.90 bits per heavy atom. The molecule has 1 fully saturated rings. The lowest BCUT2D eigenvalue weighted by Gasteiger charge is -2.19. The second kappa shape index (κ2) is 6.88. The van der Waals surface area contributed by atoms with E-state index < -0.39 is 0 Å². The van der Waals surface area contributed by atoms with E-state index in [9.17, 15) is 14.4 Å². The van der Waals surface area contributed by atoms with Crippen molar-refractivity contribution in [2.45, 2.75) is 13.3 Å². The van der Waals surface area contributed by atoms with Gasteiger partial charge in [0.25, 0.3) is 5.91 Å². The molecule has 0 atom stereocenters. The number of hydrogen-bond donors (Lipinski definition) is 2. The van der Waals surface area contributed by atoms with E-state index in [2.05, 4.69) is 10.6 Å². The van der Waals surface area contributed by atoms with Gasteiger partial charge in [0.05, 0.1) is 6.54 Å². The summed E-state index contributed by atoms with van der Waals surface area (Å²) >= 11 is 0. The highest BCUT2D eigenvalue weighted by molar-refractivity contribution is 5.96. The molecule has 1 aromatic carbocycles. The molecule has 1 aromatic rings. The number of nitrogens with one attached hydrogen (secondary N) is 2. The molecule has 0 spiro atoms. The predicted molar refractivity (Wildman–Crippen MR) is 77.7 cm³/mol. The van der Waals surface area contributed by atoms with E-state index in [1.165, 1.54) is 0 Å². The van der Waals surface area contributed by atoms with E-state index in [-0.39, 0.29) is 24.3 Å². The van der Waals surface area contributed by atoms with Crippen LogP contribution in [-0.2, 0) is 9.59 Å². The summed E-state index contributed by atoms with van der Waals surface area (Å²) in [4.78, 5) is 36.8. The largest absolute Gasteiger partial charge is 0.354 e. The first-order valence-electron chi connectivity index (χ1n) is 6.95. The Balaban J connectivity index is 1.86. The molecule has 0 unspecified atom stereocenters. The second-order valence-corrected chi connectivity index (χ2v) is 5.03. The van der Waals surface area contributed by atoms with Gasteiger partial charge in [-0.3, -0.25) is 14.4 Å². The number of hydrogen-bond acceptors (Lipinski definition) is 3. The molecule has 0 radical (unpaired) electrons. The van der Waals surface area contributed by atoms with Crippen LogP contribution in [-0.4, -0.2) is 48.8 Å². The zero-order valence-corrected chi connectivity index (χ0v) is 12.0.